The third kappa shape index (κ3) is 3.18. The number of methoxy groups -OCH3 is 1. The van der Waals surface area contributed by atoms with E-state index in [1.807, 2.05) is 12.2 Å². The Hall–Kier alpha value is -2.43. The van der Waals surface area contributed by atoms with Crippen LogP contribution < -0.4 is 15.1 Å². The maximum Gasteiger partial charge on any atom is 0.383 e. The Morgan fingerprint density at radius 2 is 2.10 bits per heavy atom. The van der Waals surface area contributed by atoms with Crippen LogP contribution in [0.1, 0.15) is 19.8 Å². The summed E-state index contributed by atoms with van der Waals surface area (Å²) >= 11 is 0. The summed E-state index contributed by atoms with van der Waals surface area (Å²) in [4.78, 5) is 11.9. The van der Waals surface area contributed by atoms with E-state index in [1.165, 1.54) is 13.2 Å². The molecule has 0 atom stereocenters. The molecular weight excluding hydrogens is 272 g/mol. The van der Waals surface area contributed by atoms with E-state index >= 15 is 0 Å². The molecule has 2 rings (SSSR count). The molecule has 0 aliphatic heterocycles. The summed E-state index contributed by atoms with van der Waals surface area (Å²) in [5.74, 6) is 0.195. The van der Waals surface area contributed by atoms with Crippen LogP contribution in [0.3, 0.4) is 0 Å². The minimum atomic E-state index is -0.675. The van der Waals surface area contributed by atoms with Gasteiger partial charge < -0.3 is 19.0 Å². The molecule has 0 aliphatic carbocycles. The van der Waals surface area contributed by atoms with Gasteiger partial charge in [-0.05, 0) is 25.0 Å². The average Bonchev–Trinajstić information content (AvgIpc) is 2.48. The molecule has 1 aromatic carbocycles. The first-order valence-corrected chi connectivity index (χ1v) is 6.79. The lowest BCUT2D eigenvalue weighted by Gasteiger charge is -2.11. The van der Waals surface area contributed by atoms with Gasteiger partial charge in [0.15, 0.2) is 17.1 Å². The average molecular weight is 290 g/mol. The van der Waals surface area contributed by atoms with Gasteiger partial charge in [-0.15, -0.1) is 0 Å². The molecule has 0 radical (unpaired) electrons. The summed E-state index contributed by atoms with van der Waals surface area (Å²) < 4.78 is 15.8. The lowest BCUT2D eigenvalue weighted by atomic mass is 10.2. The van der Waals surface area contributed by atoms with Gasteiger partial charge >= 0.3 is 5.63 Å². The molecule has 0 saturated carbocycles. The zero-order chi connectivity index (χ0) is 15.2. The fourth-order valence-electron chi connectivity index (χ4n) is 2.00. The highest BCUT2D eigenvalue weighted by Gasteiger charge is 2.18. The van der Waals surface area contributed by atoms with Gasteiger partial charge in [0.25, 0.3) is 0 Å². The SMILES string of the molecule is CCC=CCCOc1c(OC)c(=O)oc2c(O)cccc12. The first-order valence-electron chi connectivity index (χ1n) is 6.79. The number of fused-ring (bicyclic) bond motifs is 1. The maximum absolute atomic E-state index is 11.9. The minimum Gasteiger partial charge on any atom is -0.504 e. The molecule has 1 aromatic heterocycles. The standard InChI is InChI=1S/C16H18O5/c1-3-4-5-6-10-20-14-11-8-7-9-12(17)13(11)21-16(18)15(14)19-2/h4-5,7-9,17H,3,6,10H2,1-2H3. The van der Waals surface area contributed by atoms with E-state index in [1.54, 1.807) is 12.1 Å². The molecule has 112 valence electrons. The van der Waals surface area contributed by atoms with E-state index in [2.05, 4.69) is 6.92 Å². The van der Waals surface area contributed by atoms with Crippen LogP contribution in [0.2, 0.25) is 0 Å². The third-order valence-electron chi connectivity index (χ3n) is 2.96. The van der Waals surface area contributed by atoms with Gasteiger partial charge in [0.2, 0.25) is 5.75 Å². The van der Waals surface area contributed by atoms with Crippen molar-refractivity contribution < 1.29 is 19.0 Å². The number of phenolic OH excluding ortho intramolecular Hbond substituents is 1. The Balaban J connectivity index is 2.41. The fraction of sp³-hybridized carbons (Fsp3) is 0.312. The molecule has 0 saturated heterocycles. The van der Waals surface area contributed by atoms with Crippen LogP contribution in [-0.2, 0) is 0 Å². The smallest absolute Gasteiger partial charge is 0.383 e. The number of hydrogen-bond donors (Lipinski definition) is 1. The summed E-state index contributed by atoms with van der Waals surface area (Å²) in [7, 11) is 1.38. The largest absolute Gasteiger partial charge is 0.504 e. The van der Waals surface area contributed by atoms with Crippen LogP contribution in [0.5, 0.6) is 17.2 Å². The number of allylic oxidation sites excluding steroid dienone is 1. The van der Waals surface area contributed by atoms with E-state index in [4.69, 9.17) is 13.9 Å². The van der Waals surface area contributed by atoms with Crippen molar-refractivity contribution in [3.8, 4) is 17.2 Å². The lowest BCUT2D eigenvalue weighted by molar-refractivity contribution is 0.293. The molecular formula is C16H18O5. The Bertz CT molecular complexity index is 700. The first kappa shape index (κ1) is 15.0. The highest BCUT2D eigenvalue weighted by molar-refractivity contribution is 5.89. The monoisotopic (exact) mass is 290 g/mol. The Labute approximate surface area is 122 Å². The van der Waals surface area contributed by atoms with Crippen molar-refractivity contribution in [3.63, 3.8) is 0 Å². The molecule has 0 spiro atoms. The number of aromatic hydroxyl groups is 1. The molecule has 1 heterocycles. The summed E-state index contributed by atoms with van der Waals surface area (Å²) in [6, 6.07) is 4.81. The van der Waals surface area contributed by atoms with Crippen LogP contribution in [-0.4, -0.2) is 18.8 Å². The molecule has 0 amide bonds. The summed E-state index contributed by atoms with van der Waals surface area (Å²) in [5.41, 5.74) is -0.576. The van der Waals surface area contributed by atoms with Crippen molar-refractivity contribution in [1.29, 1.82) is 0 Å². The summed E-state index contributed by atoms with van der Waals surface area (Å²) in [5, 5.41) is 10.3. The number of ether oxygens (including phenoxy) is 2. The zero-order valence-electron chi connectivity index (χ0n) is 12.1. The van der Waals surface area contributed by atoms with Crippen molar-refractivity contribution in [2.45, 2.75) is 19.8 Å². The predicted octanol–water partition coefficient (Wildman–Crippen LogP) is 3.24. The number of hydrogen-bond acceptors (Lipinski definition) is 5. The highest BCUT2D eigenvalue weighted by atomic mass is 16.5. The van der Waals surface area contributed by atoms with Crippen LogP contribution in [0.15, 0.2) is 39.6 Å². The van der Waals surface area contributed by atoms with E-state index in [-0.39, 0.29) is 17.1 Å². The topological polar surface area (TPSA) is 68.9 Å². The van der Waals surface area contributed by atoms with Gasteiger partial charge in [-0.25, -0.2) is 4.79 Å². The maximum atomic E-state index is 11.9. The molecule has 21 heavy (non-hydrogen) atoms. The molecule has 0 bridgehead atoms. The minimum absolute atomic E-state index is 0.00701. The molecule has 5 heteroatoms. The van der Waals surface area contributed by atoms with Crippen LogP contribution >= 0.6 is 0 Å². The highest BCUT2D eigenvalue weighted by Crippen LogP contribution is 2.36. The van der Waals surface area contributed by atoms with Gasteiger partial charge in [-0.1, -0.05) is 25.1 Å². The van der Waals surface area contributed by atoms with E-state index in [0.29, 0.717) is 17.7 Å². The van der Waals surface area contributed by atoms with E-state index in [9.17, 15) is 9.90 Å². The van der Waals surface area contributed by atoms with Gasteiger partial charge in [-0.2, -0.15) is 0 Å². The van der Waals surface area contributed by atoms with Gasteiger partial charge in [0.05, 0.1) is 19.1 Å². The van der Waals surface area contributed by atoms with Crippen molar-refractivity contribution >= 4 is 11.0 Å². The zero-order valence-corrected chi connectivity index (χ0v) is 12.1. The fourth-order valence-corrected chi connectivity index (χ4v) is 2.00. The number of para-hydroxylation sites is 1. The van der Waals surface area contributed by atoms with Gasteiger partial charge in [0.1, 0.15) is 0 Å². The molecule has 0 unspecified atom stereocenters. The lowest BCUT2D eigenvalue weighted by Crippen LogP contribution is -2.08. The summed E-state index contributed by atoms with van der Waals surface area (Å²) in [6.07, 6.45) is 5.74. The normalized spacial score (nSPS) is 11.1. The number of benzene rings is 1. The Kier molecular flexibility index (Phi) is 4.87. The Morgan fingerprint density at radius 1 is 1.29 bits per heavy atom. The van der Waals surface area contributed by atoms with Crippen LogP contribution in [0.25, 0.3) is 11.0 Å². The number of rotatable bonds is 6. The quantitative estimate of drug-likeness (QED) is 0.502. The first-order chi connectivity index (χ1) is 10.2. The predicted molar refractivity (Wildman–Crippen MR) is 80.2 cm³/mol. The second kappa shape index (κ2) is 6.83. The molecule has 5 nitrogen and oxygen atoms in total. The van der Waals surface area contributed by atoms with Crippen molar-refractivity contribution in [2.24, 2.45) is 0 Å². The summed E-state index contributed by atoms with van der Waals surface area (Å²) in [6.45, 7) is 2.46. The van der Waals surface area contributed by atoms with E-state index < -0.39 is 5.63 Å². The second-order valence-electron chi connectivity index (χ2n) is 4.42. The van der Waals surface area contributed by atoms with Crippen molar-refractivity contribution in [3.05, 3.63) is 40.8 Å². The molecule has 2 aromatic rings. The third-order valence-corrected chi connectivity index (χ3v) is 2.96. The Morgan fingerprint density at radius 3 is 2.81 bits per heavy atom. The molecule has 0 aliphatic rings. The molecule has 0 fully saturated rings. The van der Waals surface area contributed by atoms with Crippen LogP contribution in [0, 0.1) is 0 Å². The van der Waals surface area contributed by atoms with Crippen LogP contribution in [0.4, 0.5) is 0 Å². The molecule has 1 N–H and O–H groups in total. The van der Waals surface area contributed by atoms with Crippen molar-refractivity contribution in [2.75, 3.05) is 13.7 Å². The van der Waals surface area contributed by atoms with E-state index in [0.717, 1.165) is 12.8 Å². The number of phenols is 1. The van der Waals surface area contributed by atoms with Gasteiger partial charge in [0, 0.05) is 0 Å². The van der Waals surface area contributed by atoms with Gasteiger partial charge in [-0.3, -0.25) is 0 Å². The second-order valence-corrected chi connectivity index (χ2v) is 4.42. The van der Waals surface area contributed by atoms with Crippen molar-refractivity contribution in [1.82, 2.24) is 0 Å².